The first-order valence-electron chi connectivity index (χ1n) is 15.8. The standard InChI is InChI=1S/2C21H21OP.2ClH.Zr/c2*1-16(2)19-14-9-15-20(21(19)22)23(17-10-5-3-6-11-17)18-12-7-4-8-13-18;;;/h2*3-16,22H,1-2H3;2*1H;/q;;;;+2/p-2. The van der Waals surface area contributed by atoms with Gasteiger partial charge in [0.05, 0.1) is 0 Å². The number of phenolic OH excluding ortho intramolecular Hbond substituents is 2. The van der Waals surface area contributed by atoms with Gasteiger partial charge in [0.15, 0.2) is 0 Å². The summed E-state index contributed by atoms with van der Waals surface area (Å²) in [6.45, 7) is 8.47. The van der Waals surface area contributed by atoms with E-state index in [0.29, 0.717) is 23.3 Å². The minimum absolute atomic E-state index is 0. The molecule has 250 valence electrons. The van der Waals surface area contributed by atoms with Gasteiger partial charge in [0.1, 0.15) is 11.5 Å². The predicted octanol–water partition coefficient (Wildman–Crippen LogP) is 2.55. The predicted molar refractivity (Wildman–Crippen MR) is 202 cm³/mol. The first-order valence-corrected chi connectivity index (χ1v) is 18.5. The Morgan fingerprint density at radius 3 is 0.837 bits per heavy atom. The summed E-state index contributed by atoms with van der Waals surface area (Å²) in [5.41, 5.74) is 2.03. The van der Waals surface area contributed by atoms with Crippen LogP contribution < -0.4 is 56.6 Å². The van der Waals surface area contributed by atoms with Gasteiger partial charge in [-0.3, -0.25) is 0 Å². The maximum Gasteiger partial charge on any atom is 2.00 e. The average molecular weight is 803 g/mol. The largest absolute Gasteiger partial charge is 2.00 e. The van der Waals surface area contributed by atoms with E-state index in [1.807, 2.05) is 36.4 Å². The summed E-state index contributed by atoms with van der Waals surface area (Å²) in [5, 5.41) is 28.8. The van der Waals surface area contributed by atoms with Crippen molar-refractivity contribution >= 4 is 47.7 Å². The zero-order valence-electron chi connectivity index (χ0n) is 28.2. The van der Waals surface area contributed by atoms with Gasteiger partial charge in [-0.15, -0.1) is 0 Å². The number of aromatic hydroxyl groups is 2. The van der Waals surface area contributed by atoms with E-state index in [1.54, 1.807) is 0 Å². The van der Waals surface area contributed by atoms with Crippen molar-refractivity contribution < 1.29 is 61.2 Å². The smallest absolute Gasteiger partial charge is 1.00 e. The molecule has 0 saturated carbocycles. The molecule has 49 heavy (non-hydrogen) atoms. The monoisotopic (exact) mass is 800 g/mol. The molecule has 0 fully saturated rings. The minimum atomic E-state index is -0.758. The fourth-order valence-electron chi connectivity index (χ4n) is 5.55. The molecule has 0 atom stereocenters. The molecule has 6 aromatic rings. The fraction of sp³-hybridized carbons (Fsp3) is 0.143. The molecule has 0 aromatic heterocycles. The number of halogens is 2. The topological polar surface area (TPSA) is 40.5 Å². The van der Waals surface area contributed by atoms with Crippen molar-refractivity contribution in [2.45, 2.75) is 39.5 Å². The Kier molecular flexibility index (Phi) is 18.0. The van der Waals surface area contributed by atoms with Crippen molar-refractivity contribution in [3.63, 3.8) is 0 Å². The van der Waals surface area contributed by atoms with Crippen LogP contribution in [0.2, 0.25) is 0 Å². The van der Waals surface area contributed by atoms with Gasteiger partial charge < -0.3 is 35.0 Å². The molecule has 6 rings (SSSR count). The van der Waals surface area contributed by atoms with Crippen LogP contribution in [0.15, 0.2) is 158 Å². The van der Waals surface area contributed by atoms with Crippen LogP contribution in [-0.2, 0) is 26.2 Å². The van der Waals surface area contributed by atoms with E-state index in [9.17, 15) is 10.2 Å². The van der Waals surface area contributed by atoms with E-state index in [2.05, 4.69) is 149 Å². The van der Waals surface area contributed by atoms with E-state index in [-0.39, 0.29) is 51.0 Å². The van der Waals surface area contributed by atoms with E-state index in [0.717, 1.165) is 21.7 Å². The van der Waals surface area contributed by atoms with Gasteiger partial charge in [0, 0.05) is 10.6 Å². The molecule has 0 aliphatic rings. The Labute approximate surface area is 326 Å². The van der Waals surface area contributed by atoms with Crippen molar-refractivity contribution in [3.8, 4) is 11.5 Å². The van der Waals surface area contributed by atoms with Gasteiger partial charge >= 0.3 is 26.2 Å². The number of rotatable bonds is 8. The molecule has 0 aliphatic heterocycles. The molecule has 0 bridgehead atoms. The normalized spacial score (nSPS) is 10.4. The summed E-state index contributed by atoms with van der Waals surface area (Å²) >= 11 is 0. The second-order valence-corrected chi connectivity index (χ2v) is 16.1. The van der Waals surface area contributed by atoms with Crippen molar-refractivity contribution in [2.75, 3.05) is 0 Å². The molecule has 0 amide bonds. The van der Waals surface area contributed by atoms with Crippen LogP contribution in [-0.4, -0.2) is 10.2 Å². The molecular formula is C42H42Cl2O2P2Zr. The van der Waals surface area contributed by atoms with Gasteiger partial charge in [-0.2, -0.15) is 0 Å². The quantitative estimate of drug-likeness (QED) is 0.233. The average Bonchev–Trinajstić information content (AvgIpc) is 3.08. The maximum atomic E-state index is 10.9. The van der Waals surface area contributed by atoms with E-state index in [4.69, 9.17) is 0 Å². The second kappa shape index (κ2) is 20.8. The zero-order valence-corrected chi connectivity index (χ0v) is 34.0. The molecule has 2 N–H and O–H groups in total. The number of hydrogen-bond donors (Lipinski definition) is 2. The van der Waals surface area contributed by atoms with Crippen molar-refractivity contribution in [1.82, 2.24) is 0 Å². The van der Waals surface area contributed by atoms with Crippen LogP contribution >= 0.6 is 15.8 Å². The Morgan fingerprint density at radius 1 is 0.367 bits per heavy atom. The molecule has 0 aliphatic carbocycles. The van der Waals surface area contributed by atoms with Crippen molar-refractivity contribution in [1.29, 1.82) is 0 Å². The Hall–Kier alpha value is -2.76. The van der Waals surface area contributed by atoms with Gasteiger partial charge in [0.2, 0.25) is 0 Å². The van der Waals surface area contributed by atoms with Crippen LogP contribution in [0.3, 0.4) is 0 Å². The third kappa shape index (κ3) is 10.6. The summed E-state index contributed by atoms with van der Waals surface area (Å²) < 4.78 is 0. The van der Waals surface area contributed by atoms with Crippen LogP contribution in [0.1, 0.15) is 50.7 Å². The zero-order chi connectivity index (χ0) is 32.5. The molecule has 0 unspecified atom stereocenters. The fourth-order valence-corrected chi connectivity index (χ4v) is 10.3. The van der Waals surface area contributed by atoms with Crippen LogP contribution in [0.5, 0.6) is 11.5 Å². The Bertz CT molecular complexity index is 1610. The summed E-state index contributed by atoms with van der Waals surface area (Å²) in [4.78, 5) is 0. The van der Waals surface area contributed by atoms with Crippen LogP contribution in [0.4, 0.5) is 0 Å². The van der Waals surface area contributed by atoms with E-state index < -0.39 is 15.8 Å². The number of para-hydroxylation sites is 2. The molecule has 0 heterocycles. The molecule has 2 nitrogen and oxygen atoms in total. The molecule has 0 spiro atoms. The summed E-state index contributed by atoms with van der Waals surface area (Å²) in [6.07, 6.45) is 0. The van der Waals surface area contributed by atoms with Gasteiger partial charge in [-0.05, 0) is 60.0 Å². The third-order valence-corrected chi connectivity index (χ3v) is 12.8. The first kappa shape index (κ1) is 42.4. The van der Waals surface area contributed by atoms with Gasteiger partial charge in [-0.1, -0.05) is 185 Å². The van der Waals surface area contributed by atoms with Gasteiger partial charge in [-0.25, -0.2) is 0 Å². The summed E-state index contributed by atoms with van der Waals surface area (Å²) in [5.74, 6) is 1.50. The summed E-state index contributed by atoms with van der Waals surface area (Å²) in [6, 6.07) is 54.2. The van der Waals surface area contributed by atoms with E-state index in [1.165, 1.54) is 21.2 Å². The second-order valence-electron chi connectivity index (χ2n) is 11.8. The SMILES string of the molecule is CC(C)c1cccc(P(c2ccccc2)c2ccccc2)c1O.CC(C)c1cccc(P(c2ccccc2)c2ccccc2)c1O.[Cl-].[Cl-].[Zr+2]. The molecule has 6 aromatic carbocycles. The number of hydrogen-bond acceptors (Lipinski definition) is 2. The van der Waals surface area contributed by atoms with E-state index >= 15 is 0 Å². The molecular weight excluding hydrogens is 761 g/mol. The third-order valence-electron chi connectivity index (χ3n) is 7.88. The number of phenols is 2. The van der Waals surface area contributed by atoms with Crippen LogP contribution in [0, 0.1) is 0 Å². The summed E-state index contributed by atoms with van der Waals surface area (Å²) in [7, 11) is -1.52. The molecule has 7 heteroatoms. The van der Waals surface area contributed by atoms with Crippen molar-refractivity contribution in [2.24, 2.45) is 0 Å². The van der Waals surface area contributed by atoms with Crippen molar-refractivity contribution in [3.05, 3.63) is 169 Å². The number of benzene rings is 6. The molecule has 0 saturated heterocycles. The Balaban J connectivity index is 0.000000321. The van der Waals surface area contributed by atoms with Crippen LogP contribution in [0.25, 0.3) is 0 Å². The minimum Gasteiger partial charge on any atom is -1.00 e. The first-order chi connectivity index (χ1) is 22.4. The Morgan fingerprint density at radius 2 is 0.612 bits per heavy atom. The molecule has 0 radical (unpaired) electrons. The maximum absolute atomic E-state index is 10.9. The van der Waals surface area contributed by atoms with Gasteiger partial charge in [0.25, 0.3) is 0 Å².